The second-order valence-electron chi connectivity index (χ2n) is 5.50. The third-order valence-corrected chi connectivity index (χ3v) is 5.42. The molecule has 1 N–H and O–H groups in total. The lowest BCUT2D eigenvalue weighted by Crippen LogP contribution is -2.37. The van der Waals surface area contributed by atoms with E-state index in [2.05, 4.69) is 29.3 Å². The smallest absolute Gasteiger partial charge is 0.246 e. The topological polar surface area (TPSA) is 54.2 Å². The average molecular weight is 282 g/mol. The van der Waals surface area contributed by atoms with Gasteiger partial charge >= 0.3 is 0 Å². The van der Waals surface area contributed by atoms with Gasteiger partial charge in [0.05, 0.1) is 11.6 Å². The zero-order valence-electron chi connectivity index (χ0n) is 11.7. The quantitative estimate of drug-likeness (QED) is 0.912. The lowest BCUT2D eigenvalue weighted by molar-refractivity contribution is 0.240. The minimum atomic E-state index is -0.0777. The first kappa shape index (κ1) is 13.4. The van der Waals surface area contributed by atoms with Crippen LogP contribution in [-0.2, 0) is 5.54 Å². The summed E-state index contributed by atoms with van der Waals surface area (Å²) < 4.78 is 5.58. The highest BCUT2D eigenvalue weighted by molar-refractivity contribution is 7.99. The lowest BCUT2D eigenvalue weighted by Gasteiger charge is -2.29. The van der Waals surface area contributed by atoms with Crippen LogP contribution in [-0.4, -0.2) is 46.7 Å². The Morgan fingerprint density at radius 3 is 3.16 bits per heavy atom. The van der Waals surface area contributed by atoms with Gasteiger partial charge in [-0.25, -0.2) is 0 Å². The fourth-order valence-electron chi connectivity index (χ4n) is 2.96. The summed E-state index contributed by atoms with van der Waals surface area (Å²) in [5, 5.41) is 7.80. The monoisotopic (exact) mass is 282 g/mol. The molecule has 2 unspecified atom stereocenters. The van der Waals surface area contributed by atoms with Gasteiger partial charge in [-0.05, 0) is 32.9 Å². The van der Waals surface area contributed by atoms with E-state index < -0.39 is 0 Å². The van der Waals surface area contributed by atoms with Crippen LogP contribution in [0.2, 0.25) is 0 Å². The highest BCUT2D eigenvalue weighted by atomic mass is 32.2. The van der Waals surface area contributed by atoms with Gasteiger partial charge in [0.15, 0.2) is 5.82 Å². The molecule has 0 radical (unpaired) electrons. The van der Waals surface area contributed by atoms with Crippen molar-refractivity contribution in [3.63, 3.8) is 0 Å². The van der Waals surface area contributed by atoms with E-state index in [0.717, 1.165) is 43.4 Å². The summed E-state index contributed by atoms with van der Waals surface area (Å²) in [7, 11) is 2.14. The van der Waals surface area contributed by atoms with Crippen molar-refractivity contribution in [2.24, 2.45) is 0 Å². The fraction of sp³-hybridized carbons (Fsp3) is 0.846. The van der Waals surface area contributed by atoms with Crippen molar-refractivity contribution in [1.82, 2.24) is 20.4 Å². The van der Waals surface area contributed by atoms with E-state index in [4.69, 9.17) is 9.51 Å². The first-order chi connectivity index (χ1) is 9.25. The number of nitrogens with zero attached hydrogens (tertiary/aromatic N) is 3. The Balaban J connectivity index is 1.82. The van der Waals surface area contributed by atoms with Crippen molar-refractivity contribution in [2.45, 2.75) is 37.8 Å². The maximum atomic E-state index is 5.58. The van der Waals surface area contributed by atoms with E-state index in [1.807, 2.05) is 11.8 Å². The summed E-state index contributed by atoms with van der Waals surface area (Å²) in [6, 6.07) is 0.298. The van der Waals surface area contributed by atoms with Crippen molar-refractivity contribution >= 4 is 11.8 Å². The van der Waals surface area contributed by atoms with Crippen LogP contribution in [0.25, 0.3) is 0 Å². The Morgan fingerprint density at radius 2 is 2.47 bits per heavy atom. The number of hydrogen-bond donors (Lipinski definition) is 1. The lowest BCUT2D eigenvalue weighted by atomic mass is 9.94. The van der Waals surface area contributed by atoms with Crippen molar-refractivity contribution in [1.29, 1.82) is 0 Å². The number of nitrogens with one attached hydrogen (secondary N) is 1. The molecule has 1 aromatic rings. The van der Waals surface area contributed by atoms with Crippen LogP contribution in [0.1, 0.15) is 43.9 Å². The van der Waals surface area contributed by atoms with Gasteiger partial charge in [-0.15, -0.1) is 0 Å². The molecule has 2 aliphatic rings. The molecule has 3 rings (SSSR count). The molecule has 106 valence electrons. The van der Waals surface area contributed by atoms with Gasteiger partial charge in [0, 0.05) is 18.1 Å². The van der Waals surface area contributed by atoms with E-state index in [1.165, 1.54) is 12.2 Å². The van der Waals surface area contributed by atoms with Crippen LogP contribution in [0.5, 0.6) is 0 Å². The highest BCUT2D eigenvalue weighted by Gasteiger charge is 2.39. The SMILES string of the molecule is CCC1(c2nc(C3CSCCN3C)no2)CCCN1. The minimum absolute atomic E-state index is 0.0777. The zero-order chi connectivity index (χ0) is 13.3. The number of aromatic nitrogens is 2. The zero-order valence-corrected chi connectivity index (χ0v) is 12.5. The van der Waals surface area contributed by atoms with E-state index in [1.54, 1.807) is 0 Å². The second kappa shape index (κ2) is 5.42. The molecule has 2 fully saturated rings. The number of thioether (sulfide) groups is 1. The first-order valence-corrected chi connectivity index (χ1v) is 8.28. The molecule has 2 aliphatic heterocycles. The largest absolute Gasteiger partial charge is 0.337 e. The van der Waals surface area contributed by atoms with E-state index in [-0.39, 0.29) is 5.54 Å². The molecule has 0 amide bonds. The second-order valence-corrected chi connectivity index (χ2v) is 6.64. The van der Waals surface area contributed by atoms with Gasteiger partial charge in [0.25, 0.3) is 0 Å². The third-order valence-electron chi connectivity index (χ3n) is 4.39. The van der Waals surface area contributed by atoms with Crippen LogP contribution in [0.15, 0.2) is 4.52 Å². The van der Waals surface area contributed by atoms with Gasteiger partial charge in [0.2, 0.25) is 5.89 Å². The summed E-state index contributed by atoms with van der Waals surface area (Å²) in [5.74, 6) is 3.89. The van der Waals surface area contributed by atoms with Gasteiger partial charge in [0.1, 0.15) is 0 Å². The van der Waals surface area contributed by atoms with Crippen molar-refractivity contribution in [3.8, 4) is 0 Å². The fourth-order valence-corrected chi connectivity index (χ4v) is 4.18. The summed E-state index contributed by atoms with van der Waals surface area (Å²) in [4.78, 5) is 7.04. The van der Waals surface area contributed by atoms with E-state index >= 15 is 0 Å². The molecule has 6 heteroatoms. The average Bonchev–Trinajstić information content (AvgIpc) is 3.09. The van der Waals surface area contributed by atoms with Crippen LogP contribution in [0.3, 0.4) is 0 Å². The van der Waals surface area contributed by atoms with Crippen molar-refractivity contribution < 1.29 is 4.52 Å². The summed E-state index contributed by atoms with van der Waals surface area (Å²) >= 11 is 1.97. The normalized spacial score (nSPS) is 32.8. The van der Waals surface area contributed by atoms with Crippen LogP contribution >= 0.6 is 11.8 Å². The maximum absolute atomic E-state index is 5.58. The van der Waals surface area contributed by atoms with Gasteiger partial charge < -0.3 is 9.84 Å². The van der Waals surface area contributed by atoms with Crippen molar-refractivity contribution in [2.75, 3.05) is 31.6 Å². The summed E-state index contributed by atoms with van der Waals surface area (Å²) in [6.07, 6.45) is 3.29. The molecule has 2 saturated heterocycles. The Hall–Kier alpha value is -0.590. The Labute approximate surface area is 118 Å². The van der Waals surface area contributed by atoms with Crippen LogP contribution in [0, 0.1) is 0 Å². The van der Waals surface area contributed by atoms with Crippen LogP contribution < -0.4 is 5.32 Å². The van der Waals surface area contributed by atoms with Crippen molar-refractivity contribution in [3.05, 3.63) is 11.7 Å². The minimum Gasteiger partial charge on any atom is -0.337 e. The molecule has 0 saturated carbocycles. The van der Waals surface area contributed by atoms with Crippen LogP contribution in [0.4, 0.5) is 0 Å². The predicted molar refractivity (Wildman–Crippen MR) is 76.2 cm³/mol. The maximum Gasteiger partial charge on any atom is 0.246 e. The molecular weight excluding hydrogens is 260 g/mol. The molecule has 19 heavy (non-hydrogen) atoms. The van der Waals surface area contributed by atoms with Gasteiger partial charge in [-0.3, -0.25) is 4.90 Å². The van der Waals surface area contributed by atoms with Gasteiger partial charge in [-0.1, -0.05) is 12.1 Å². The molecule has 5 nitrogen and oxygen atoms in total. The third kappa shape index (κ3) is 2.41. The Kier molecular flexibility index (Phi) is 3.82. The molecule has 1 aromatic heterocycles. The summed E-state index contributed by atoms with van der Waals surface area (Å²) in [6.45, 7) is 4.33. The number of hydrogen-bond acceptors (Lipinski definition) is 6. The molecular formula is C13H22N4OS. The molecule has 0 aliphatic carbocycles. The molecule has 3 heterocycles. The predicted octanol–water partition coefficient (Wildman–Crippen LogP) is 1.78. The first-order valence-electron chi connectivity index (χ1n) is 7.12. The Bertz CT molecular complexity index is 430. The summed E-state index contributed by atoms with van der Waals surface area (Å²) in [5.41, 5.74) is -0.0777. The van der Waals surface area contributed by atoms with Gasteiger partial charge in [-0.2, -0.15) is 16.7 Å². The molecule has 0 spiro atoms. The van der Waals surface area contributed by atoms with E-state index in [0.29, 0.717) is 6.04 Å². The molecule has 2 atom stereocenters. The molecule has 0 aromatic carbocycles. The number of rotatable bonds is 3. The Morgan fingerprint density at radius 1 is 1.58 bits per heavy atom. The highest BCUT2D eigenvalue weighted by Crippen LogP contribution is 2.34. The molecule has 0 bridgehead atoms. The van der Waals surface area contributed by atoms with E-state index in [9.17, 15) is 0 Å². The standard InChI is InChI=1S/C13H22N4OS/c1-3-13(5-4-6-14-13)12-15-11(16-18-12)10-9-19-8-7-17(10)2/h10,14H,3-9H2,1-2H3.